The molecule has 76 valence electrons. The van der Waals surface area contributed by atoms with Crippen molar-refractivity contribution in [2.45, 2.75) is 0 Å². The van der Waals surface area contributed by atoms with Gasteiger partial charge in [-0.3, -0.25) is 9.36 Å². The van der Waals surface area contributed by atoms with E-state index in [1.54, 1.807) is 11.6 Å². The van der Waals surface area contributed by atoms with Crippen LogP contribution in [0.5, 0.6) is 0 Å². The lowest BCUT2D eigenvalue weighted by atomic mass is 10.4. The maximum absolute atomic E-state index is 10.6. The van der Waals surface area contributed by atoms with E-state index in [0.717, 1.165) is 19.0 Å². The minimum atomic E-state index is 0.353. The van der Waals surface area contributed by atoms with Crippen LogP contribution in [0.1, 0.15) is 10.6 Å². The highest BCUT2D eigenvalue weighted by Gasteiger charge is 2.17. The zero-order chi connectivity index (χ0) is 9.97. The van der Waals surface area contributed by atoms with E-state index in [9.17, 15) is 4.79 Å². The summed E-state index contributed by atoms with van der Waals surface area (Å²) in [6.07, 6.45) is 0.705. The number of rotatable bonds is 2. The fourth-order valence-corrected chi connectivity index (χ4v) is 1.47. The Morgan fingerprint density at radius 3 is 2.64 bits per heavy atom. The molecule has 0 unspecified atom stereocenters. The number of hydrogen-bond donors (Lipinski definition) is 0. The zero-order valence-electron chi connectivity index (χ0n) is 8.01. The first-order chi connectivity index (χ1) is 6.83. The van der Waals surface area contributed by atoms with Gasteiger partial charge in [-0.2, -0.15) is 0 Å². The van der Waals surface area contributed by atoms with Crippen LogP contribution in [0.2, 0.25) is 0 Å². The Morgan fingerprint density at radius 1 is 1.36 bits per heavy atom. The maximum Gasteiger partial charge on any atom is 0.227 e. The van der Waals surface area contributed by atoms with Gasteiger partial charge < -0.3 is 9.64 Å². The van der Waals surface area contributed by atoms with Crippen molar-refractivity contribution >= 4 is 12.2 Å². The lowest BCUT2D eigenvalue weighted by Crippen LogP contribution is -2.37. The largest absolute Gasteiger partial charge is 0.378 e. The monoisotopic (exact) mass is 196 g/mol. The molecule has 1 aliphatic heterocycles. The fourth-order valence-electron chi connectivity index (χ4n) is 1.47. The first kappa shape index (κ1) is 9.14. The number of carbonyl (C=O) groups is 1. The van der Waals surface area contributed by atoms with Gasteiger partial charge in [0.2, 0.25) is 5.95 Å². The summed E-state index contributed by atoms with van der Waals surface area (Å²) in [4.78, 5) is 12.6. The summed E-state index contributed by atoms with van der Waals surface area (Å²) >= 11 is 0. The van der Waals surface area contributed by atoms with Crippen LogP contribution in [0.25, 0.3) is 0 Å². The molecule has 1 aliphatic rings. The summed E-state index contributed by atoms with van der Waals surface area (Å²) in [6, 6.07) is 0. The highest BCUT2D eigenvalue weighted by Crippen LogP contribution is 2.11. The molecule has 0 saturated carbocycles. The van der Waals surface area contributed by atoms with Crippen molar-refractivity contribution in [3.8, 4) is 0 Å². The summed E-state index contributed by atoms with van der Waals surface area (Å²) in [6.45, 7) is 2.99. The fraction of sp³-hybridized carbons (Fsp3) is 0.625. The average Bonchev–Trinajstić information content (AvgIpc) is 2.61. The van der Waals surface area contributed by atoms with Crippen LogP contribution < -0.4 is 4.90 Å². The van der Waals surface area contributed by atoms with Gasteiger partial charge in [-0.1, -0.05) is 0 Å². The first-order valence-electron chi connectivity index (χ1n) is 4.50. The third-order valence-corrected chi connectivity index (χ3v) is 2.28. The van der Waals surface area contributed by atoms with Gasteiger partial charge in [0.1, 0.15) is 0 Å². The topological polar surface area (TPSA) is 60.2 Å². The molecule has 14 heavy (non-hydrogen) atoms. The minimum Gasteiger partial charge on any atom is -0.378 e. The lowest BCUT2D eigenvalue weighted by molar-refractivity contribution is 0.111. The summed E-state index contributed by atoms with van der Waals surface area (Å²) in [5, 5.41) is 7.73. The molecule has 0 aliphatic carbocycles. The number of ether oxygens (including phenoxy) is 1. The number of carbonyl (C=O) groups excluding carboxylic acids is 1. The number of hydrogen-bond acceptors (Lipinski definition) is 5. The molecular weight excluding hydrogens is 184 g/mol. The second-order valence-corrected chi connectivity index (χ2v) is 3.13. The number of aromatic nitrogens is 3. The Morgan fingerprint density at radius 2 is 2.07 bits per heavy atom. The third kappa shape index (κ3) is 1.48. The van der Waals surface area contributed by atoms with Gasteiger partial charge in [-0.05, 0) is 0 Å². The molecule has 1 aromatic rings. The van der Waals surface area contributed by atoms with E-state index in [2.05, 4.69) is 15.1 Å². The maximum atomic E-state index is 10.6. The van der Waals surface area contributed by atoms with Crippen molar-refractivity contribution in [1.82, 2.24) is 14.8 Å². The molecule has 1 saturated heterocycles. The van der Waals surface area contributed by atoms with E-state index in [-0.39, 0.29) is 0 Å². The van der Waals surface area contributed by atoms with Gasteiger partial charge in [-0.15, -0.1) is 10.2 Å². The number of aldehydes is 1. The van der Waals surface area contributed by atoms with Crippen LogP contribution >= 0.6 is 0 Å². The van der Waals surface area contributed by atoms with Gasteiger partial charge in [-0.25, -0.2) is 0 Å². The molecule has 0 radical (unpaired) electrons. The van der Waals surface area contributed by atoms with Crippen LogP contribution in [-0.2, 0) is 11.8 Å². The molecular formula is C8H12N4O2. The van der Waals surface area contributed by atoms with Crippen molar-refractivity contribution < 1.29 is 9.53 Å². The molecule has 0 N–H and O–H groups in total. The Balaban J connectivity index is 2.22. The van der Waals surface area contributed by atoms with E-state index in [0.29, 0.717) is 25.3 Å². The highest BCUT2D eigenvalue weighted by molar-refractivity contribution is 5.69. The average molecular weight is 196 g/mol. The Kier molecular flexibility index (Phi) is 2.45. The van der Waals surface area contributed by atoms with Gasteiger partial charge >= 0.3 is 0 Å². The normalized spacial score (nSPS) is 17.1. The molecule has 0 spiro atoms. The summed E-state index contributed by atoms with van der Waals surface area (Å²) in [5.41, 5.74) is 0. The molecule has 2 rings (SSSR count). The van der Waals surface area contributed by atoms with E-state index < -0.39 is 0 Å². The van der Waals surface area contributed by atoms with Gasteiger partial charge in [0.25, 0.3) is 0 Å². The molecule has 6 heteroatoms. The van der Waals surface area contributed by atoms with Crippen LogP contribution in [0.3, 0.4) is 0 Å². The molecule has 6 nitrogen and oxygen atoms in total. The Bertz CT molecular complexity index is 330. The lowest BCUT2D eigenvalue weighted by Gasteiger charge is -2.26. The Labute approximate surface area is 81.5 Å². The molecule has 1 fully saturated rings. The summed E-state index contributed by atoms with van der Waals surface area (Å²) in [7, 11) is 1.79. The first-order valence-corrected chi connectivity index (χ1v) is 4.50. The second kappa shape index (κ2) is 3.75. The van der Waals surface area contributed by atoms with E-state index in [4.69, 9.17) is 4.74 Å². The standard InChI is InChI=1S/C8H12N4O2/c1-11-7(6-13)9-10-8(11)12-2-4-14-5-3-12/h6H,2-5H2,1H3. The van der Waals surface area contributed by atoms with Crippen LogP contribution in [-0.4, -0.2) is 47.4 Å². The predicted molar refractivity (Wildman–Crippen MR) is 49.4 cm³/mol. The van der Waals surface area contributed by atoms with E-state index in [1.165, 1.54) is 0 Å². The van der Waals surface area contributed by atoms with E-state index >= 15 is 0 Å². The quantitative estimate of drug-likeness (QED) is 0.595. The van der Waals surface area contributed by atoms with Crippen molar-refractivity contribution in [3.05, 3.63) is 5.82 Å². The van der Waals surface area contributed by atoms with Crippen molar-refractivity contribution in [3.63, 3.8) is 0 Å². The van der Waals surface area contributed by atoms with Crippen molar-refractivity contribution in [2.24, 2.45) is 7.05 Å². The van der Waals surface area contributed by atoms with Crippen LogP contribution in [0.4, 0.5) is 5.95 Å². The molecule has 1 aromatic heterocycles. The van der Waals surface area contributed by atoms with Gasteiger partial charge in [0, 0.05) is 20.1 Å². The number of anilines is 1. The Hall–Kier alpha value is -1.43. The minimum absolute atomic E-state index is 0.353. The molecule has 0 amide bonds. The summed E-state index contributed by atoms with van der Waals surface area (Å²) < 4.78 is 6.92. The number of morpholine rings is 1. The predicted octanol–water partition coefficient (Wildman–Crippen LogP) is -0.536. The molecule has 0 aromatic carbocycles. The molecule has 0 bridgehead atoms. The van der Waals surface area contributed by atoms with Crippen molar-refractivity contribution in [1.29, 1.82) is 0 Å². The molecule has 0 atom stereocenters. The summed E-state index contributed by atoms with van der Waals surface area (Å²) in [5.74, 6) is 1.09. The number of nitrogens with zero attached hydrogens (tertiary/aromatic N) is 4. The SMILES string of the molecule is Cn1c(C=O)nnc1N1CCOCC1. The molecule has 2 heterocycles. The second-order valence-electron chi connectivity index (χ2n) is 3.13. The zero-order valence-corrected chi connectivity index (χ0v) is 8.01. The van der Waals surface area contributed by atoms with E-state index in [1.807, 2.05) is 0 Å². The van der Waals surface area contributed by atoms with Gasteiger partial charge in [0.15, 0.2) is 12.1 Å². The van der Waals surface area contributed by atoms with Crippen LogP contribution in [0, 0.1) is 0 Å². The smallest absolute Gasteiger partial charge is 0.227 e. The van der Waals surface area contributed by atoms with Crippen molar-refractivity contribution in [2.75, 3.05) is 31.2 Å². The van der Waals surface area contributed by atoms with Gasteiger partial charge in [0.05, 0.1) is 13.2 Å². The highest BCUT2D eigenvalue weighted by atomic mass is 16.5. The van der Waals surface area contributed by atoms with Crippen LogP contribution in [0.15, 0.2) is 0 Å². The third-order valence-electron chi connectivity index (χ3n) is 2.28.